The maximum absolute atomic E-state index is 9.31. The molecule has 0 aromatic carbocycles. The maximum Gasteiger partial charge on any atom is 0.0456 e. The molecule has 4 aliphatic carbocycles. The van der Waals surface area contributed by atoms with Crippen LogP contribution in [0, 0.1) is 46.3 Å². The number of aliphatic hydroxyl groups is 1. The van der Waals surface area contributed by atoms with Crippen LogP contribution in [0.3, 0.4) is 0 Å². The van der Waals surface area contributed by atoms with Crippen molar-refractivity contribution in [2.45, 2.75) is 105 Å². The summed E-state index contributed by atoms with van der Waals surface area (Å²) in [6.45, 7) is 10.4. The number of fused-ring (bicyclic) bond motifs is 5. The Morgan fingerprint density at radius 3 is 2.54 bits per heavy atom. The quantitative estimate of drug-likeness (QED) is 0.472. The van der Waals surface area contributed by atoms with Crippen LogP contribution in [-0.4, -0.2) is 11.7 Å². The molecule has 0 radical (unpaired) electrons. The molecule has 1 nitrogen and oxygen atoms in total. The van der Waals surface area contributed by atoms with Gasteiger partial charge in [0.05, 0.1) is 0 Å². The molecule has 0 bridgehead atoms. The molecule has 0 aromatic heterocycles. The van der Waals surface area contributed by atoms with Crippen LogP contribution in [-0.2, 0) is 0 Å². The lowest BCUT2D eigenvalue weighted by atomic mass is 9.48. The average Bonchev–Trinajstić information content (AvgIpc) is 3.04. The molecule has 1 heteroatoms. The van der Waals surface area contributed by atoms with Gasteiger partial charge >= 0.3 is 0 Å². The smallest absolute Gasteiger partial charge is 0.0456 e. The molecular weight excluding hydrogens is 340 g/mol. The van der Waals surface area contributed by atoms with E-state index >= 15 is 0 Å². The molecule has 0 aliphatic heterocycles. The van der Waals surface area contributed by atoms with E-state index in [1.165, 1.54) is 77.0 Å². The molecule has 3 saturated carbocycles. The Morgan fingerprint density at radius 2 is 1.75 bits per heavy atom. The summed E-state index contributed by atoms with van der Waals surface area (Å²) in [4.78, 5) is 0. The Kier molecular flexibility index (Phi) is 6.05. The van der Waals surface area contributed by atoms with Crippen molar-refractivity contribution in [3.05, 3.63) is 11.6 Å². The largest absolute Gasteiger partial charge is 0.396 e. The van der Waals surface area contributed by atoms with Gasteiger partial charge in [-0.1, -0.05) is 65.0 Å². The fourth-order valence-corrected chi connectivity index (χ4v) is 8.60. The summed E-state index contributed by atoms with van der Waals surface area (Å²) in [7, 11) is 0. The van der Waals surface area contributed by atoms with Crippen molar-refractivity contribution >= 4 is 0 Å². The van der Waals surface area contributed by atoms with Gasteiger partial charge in [0.15, 0.2) is 0 Å². The lowest BCUT2D eigenvalue weighted by Crippen LogP contribution is -2.48. The van der Waals surface area contributed by atoms with Crippen LogP contribution < -0.4 is 0 Å². The lowest BCUT2D eigenvalue weighted by Gasteiger charge is -2.57. The minimum atomic E-state index is 0.354. The van der Waals surface area contributed by atoms with Gasteiger partial charge in [0.25, 0.3) is 0 Å². The summed E-state index contributed by atoms with van der Waals surface area (Å²) in [6, 6.07) is 0. The Bertz CT molecular complexity index is 579. The van der Waals surface area contributed by atoms with E-state index in [0.717, 1.165) is 29.6 Å². The van der Waals surface area contributed by atoms with Crippen molar-refractivity contribution in [3.63, 3.8) is 0 Å². The van der Waals surface area contributed by atoms with E-state index in [-0.39, 0.29) is 0 Å². The molecule has 28 heavy (non-hydrogen) atoms. The number of rotatable bonds is 6. The molecule has 0 spiro atoms. The van der Waals surface area contributed by atoms with E-state index in [1.54, 1.807) is 0 Å². The van der Waals surface area contributed by atoms with E-state index in [9.17, 15) is 5.11 Å². The van der Waals surface area contributed by atoms with Crippen molar-refractivity contribution < 1.29 is 5.11 Å². The van der Waals surface area contributed by atoms with Crippen molar-refractivity contribution in [3.8, 4) is 0 Å². The van der Waals surface area contributed by atoms with Gasteiger partial charge in [-0.3, -0.25) is 0 Å². The van der Waals surface area contributed by atoms with E-state index in [4.69, 9.17) is 0 Å². The van der Waals surface area contributed by atoms with Crippen LogP contribution in [0.4, 0.5) is 0 Å². The predicted molar refractivity (Wildman–Crippen MR) is 119 cm³/mol. The second-order valence-corrected chi connectivity index (χ2v) is 11.9. The first-order valence-electron chi connectivity index (χ1n) is 12.7. The average molecular weight is 387 g/mol. The molecule has 8 atom stereocenters. The minimum absolute atomic E-state index is 0.354. The van der Waals surface area contributed by atoms with Gasteiger partial charge in [0.2, 0.25) is 0 Å². The first kappa shape index (κ1) is 21.0. The molecule has 4 aliphatic rings. The zero-order valence-electron chi connectivity index (χ0n) is 19.2. The van der Waals surface area contributed by atoms with Crippen LogP contribution in [0.25, 0.3) is 0 Å². The Morgan fingerprint density at radius 1 is 0.964 bits per heavy atom. The van der Waals surface area contributed by atoms with Crippen molar-refractivity contribution in [1.29, 1.82) is 0 Å². The number of hydrogen-bond donors (Lipinski definition) is 1. The van der Waals surface area contributed by atoms with Gasteiger partial charge in [0.1, 0.15) is 0 Å². The van der Waals surface area contributed by atoms with Crippen molar-refractivity contribution in [1.82, 2.24) is 0 Å². The third-order valence-electron chi connectivity index (χ3n) is 10.4. The van der Waals surface area contributed by atoms with Gasteiger partial charge in [-0.15, -0.1) is 0 Å². The van der Waals surface area contributed by atoms with Gasteiger partial charge in [-0.2, -0.15) is 0 Å². The highest BCUT2D eigenvalue weighted by atomic mass is 16.3. The molecule has 0 heterocycles. The normalized spacial score (nSPS) is 44.8. The van der Waals surface area contributed by atoms with E-state index < -0.39 is 0 Å². The summed E-state index contributed by atoms with van der Waals surface area (Å²) in [5.41, 5.74) is 3.11. The Balaban J connectivity index is 1.47. The third kappa shape index (κ3) is 3.42. The molecule has 0 saturated heterocycles. The second-order valence-electron chi connectivity index (χ2n) is 11.9. The SMILES string of the molecule is CC(CO)CCC[C@@H](C)[C@H]1CC[C@H]2C3=CC[C@H]4CCCC[C@]4(C)[C@H]3CC[C@]12C. The Labute approximate surface area is 174 Å². The molecule has 1 N–H and O–H groups in total. The second kappa shape index (κ2) is 8.09. The van der Waals surface area contributed by atoms with Crippen molar-refractivity contribution in [2.24, 2.45) is 46.3 Å². The zero-order chi connectivity index (χ0) is 19.9. The monoisotopic (exact) mass is 386 g/mol. The van der Waals surface area contributed by atoms with E-state index in [2.05, 4.69) is 33.8 Å². The van der Waals surface area contributed by atoms with Gasteiger partial charge in [0, 0.05) is 6.61 Å². The number of aliphatic hydroxyl groups excluding tert-OH is 1. The van der Waals surface area contributed by atoms with Crippen LogP contribution in [0.5, 0.6) is 0 Å². The lowest BCUT2D eigenvalue weighted by molar-refractivity contribution is -0.00805. The van der Waals surface area contributed by atoms with Crippen LogP contribution in [0.15, 0.2) is 11.6 Å². The summed E-state index contributed by atoms with van der Waals surface area (Å²) in [5, 5.41) is 9.31. The zero-order valence-corrected chi connectivity index (χ0v) is 19.2. The highest BCUT2D eigenvalue weighted by molar-refractivity contribution is 5.27. The minimum Gasteiger partial charge on any atom is -0.396 e. The maximum atomic E-state index is 9.31. The van der Waals surface area contributed by atoms with Crippen LogP contribution in [0.1, 0.15) is 105 Å². The Hall–Kier alpha value is -0.300. The molecule has 160 valence electrons. The fourth-order valence-electron chi connectivity index (χ4n) is 8.60. The van der Waals surface area contributed by atoms with E-state index in [1.807, 2.05) is 5.57 Å². The molecule has 0 amide bonds. The van der Waals surface area contributed by atoms with Gasteiger partial charge < -0.3 is 5.11 Å². The van der Waals surface area contributed by atoms with Gasteiger partial charge in [-0.25, -0.2) is 0 Å². The fraction of sp³-hybridized carbons (Fsp3) is 0.926. The number of allylic oxidation sites excluding steroid dienone is 2. The first-order chi connectivity index (χ1) is 13.4. The molecular formula is C27H46O. The van der Waals surface area contributed by atoms with E-state index in [0.29, 0.717) is 23.4 Å². The van der Waals surface area contributed by atoms with Crippen LogP contribution in [0.2, 0.25) is 0 Å². The molecule has 3 fully saturated rings. The predicted octanol–water partition coefficient (Wildman–Crippen LogP) is 7.39. The van der Waals surface area contributed by atoms with Gasteiger partial charge in [-0.05, 0) is 97.7 Å². The van der Waals surface area contributed by atoms with Crippen LogP contribution >= 0.6 is 0 Å². The highest BCUT2D eigenvalue weighted by Crippen LogP contribution is 2.66. The molecule has 1 unspecified atom stereocenters. The molecule has 4 rings (SSSR count). The summed E-state index contributed by atoms with van der Waals surface area (Å²) >= 11 is 0. The summed E-state index contributed by atoms with van der Waals surface area (Å²) < 4.78 is 0. The number of hydrogen-bond acceptors (Lipinski definition) is 1. The summed E-state index contributed by atoms with van der Waals surface area (Å²) in [6.07, 6.45) is 19.8. The summed E-state index contributed by atoms with van der Waals surface area (Å²) in [5.74, 6) is 5.01. The first-order valence-corrected chi connectivity index (χ1v) is 12.7. The molecule has 0 aromatic rings. The topological polar surface area (TPSA) is 20.2 Å². The van der Waals surface area contributed by atoms with Crippen molar-refractivity contribution in [2.75, 3.05) is 6.61 Å². The third-order valence-corrected chi connectivity index (χ3v) is 10.4. The standard InChI is InChI=1S/C27H46O/c1-19(18-28)8-7-9-20(2)23-13-14-24-22-12-11-21-10-5-6-16-26(21,3)25(22)15-17-27(23,24)4/h12,19-21,23-25,28H,5-11,13-18H2,1-4H3/t19?,20-,21-,23-,24+,25+,26+,27-/m1/s1. The highest BCUT2D eigenvalue weighted by Gasteiger charge is 2.57.